The van der Waals surface area contributed by atoms with Crippen molar-refractivity contribution in [1.29, 1.82) is 0 Å². The predicted octanol–water partition coefficient (Wildman–Crippen LogP) is 3.08. The number of ether oxygens (including phenoxy) is 1. The molecule has 5 nitrogen and oxygen atoms in total. The quantitative estimate of drug-likeness (QED) is 0.850. The molecule has 0 unspecified atom stereocenters. The first kappa shape index (κ1) is 17.0. The van der Waals surface area contributed by atoms with Crippen molar-refractivity contribution in [3.05, 3.63) is 59.2 Å². The Kier molecular flexibility index (Phi) is 5.03. The molecule has 0 saturated heterocycles. The average molecular weight is 338 g/mol. The zero-order chi connectivity index (χ0) is 17.8. The SMILES string of the molecule is COc1ccc(C)cc1CC(=O)Nc1ccccc1C(=O)NC1CC1. The Morgan fingerprint density at radius 1 is 1.16 bits per heavy atom. The maximum absolute atomic E-state index is 12.5. The van der Waals surface area contributed by atoms with Gasteiger partial charge in [-0.15, -0.1) is 0 Å². The summed E-state index contributed by atoms with van der Waals surface area (Å²) in [4.78, 5) is 24.8. The Morgan fingerprint density at radius 3 is 2.64 bits per heavy atom. The van der Waals surface area contributed by atoms with Crippen LogP contribution in [0, 0.1) is 6.92 Å². The Balaban J connectivity index is 1.73. The van der Waals surface area contributed by atoms with E-state index in [1.165, 1.54) is 0 Å². The number of nitrogens with one attached hydrogen (secondary N) is 2. The molecule has 0 radical (unpaired) electrons. The summed E-state index contributed by atoms with van der Waals surface area (Å²) in [5.41, 5.74) is 2.89. The van der Waals surface area contributed by atoms with E-state index in [-0.39, 0.29) is 24.3 Å². The van der Waals surface area contributed by atoms with E-state index in [1.54, 1.807) is 31.4 Å². The smallest absolute Gasteiger partial charge is 0.253 e. The normalized spacial score (nSPS) is 13.2. The van der Waals surface area contributed by atoms with Gasteiger partial charge in [0.15, 0.2) is 0 Å². The van der Waals surface area contributed by atoms with Crippen molar-refractivity contribution in [3.8, 4) is 5.75 Å². The number of hydrogen-bond donors (Lipinski definition) is 2. The molecule has 0 aromatic heterocycles. The molecule has 2 amide bonds. The molecule has 0 atom stereocenters. The van der Waals surface area contributed by atoms with Crippen molar-refractivity contribution < 1.29 is 14.3 Å². The number of anilines is 1. The highest BCUT2D eigenvalue weighted by Crippen LogP contribution is 2.23. The van der Waals surface area contributed by atoms with Gasteiger partial charge < -0.3 is 15.4 Å². The number of methoxy groups -OCH3 is 1. The molecule has 2 aromatic carbocycles. The van der Waals surface area contributed by atoms with Crippen molar-refractivity contribution in [3.63, 3.8) is 0 Å². The topological polar surface area (TPSA) is 67.4 Å². The minimum absolute atomic E-state index is 0.147. The summed E-state index contributed by atoms with van der Waals surface area (Å²) in [6, 6.07) is 13.1. The minimum atomic E-state index is -0.185. The molecular weight excluding hydrogens is 316 g/mol. The molecule has 25 heavy (non-hydrogen) atoms. The fourth-order valence-electron chi connectivity index (χ4n) is 2.69. The largest absolute Gasteiger partial charge is 0.496 e. The average Bonchev–Trinajstić information content (AvgIpc) is 3.39. The van der Waals surface area contributed by atoms with Crippen molar-refractivity contribution in [2.24, 2.45) is 0 Å². The third-order valence-corrected chi connectivity index (χ3v) is 4.15. The molecule has 1 aliphatic carbocycles. The highest BCUT2D eigenvalue weighted by atomic mass is 16.5. The van der Waals surface area contributed by atoms with E-state index in [0.29, 0.717) is 17.0 Å². The lowest BCUT2D eigenvalue weighted by atomic mass is 10.1. The van der Waals surface area contributed by atoms with E-state index >= 15 is 0 Å². The first-order valence-corrected chi connectivity index (χ1v) is 8.40. The maximum atomic E-state index is 12.5. The number of para-hydroxylation sites is 1. The molecule has 0 aliphatic heterocycles. The van der Waals surface area contributed by atoms with Gasteiger partial charge in [0.1, 0.15) is 5.75 Å². The van der Waals surface area contributed by atoms with Crippen LogP contribution in [0.1, 0.15) is 34.3 Å². The van der Waals surface area contributed by atoms with Crippen LogP contribution in [0.2, 0.25) is 0 Å². The van der Waals surface area contributed by atoms with Gasteiger partial charge in [0.2, 0.25) is 5.91 Å². The second-order valence-electron chi connectivity index (χ2n) is 6.33. The summed E-state index contributed by atoms with van der Waals surface area (Å²) in [6.07, 6.45) is 2.23. The maximum Gasteiger partial charge on any atom is 0.253 e. The molecule has 130 valence electrons. The van der Waals surface area contributed by atoms with Gasteiger partial charge in [0.05, 0.1) is 24.8 Å². The molecule has 2 N–H and O–H groups in total. The number of carbonyl (C=O) groups excluding carboxylic acids is 2. The van der Waals surface area contributed by atoms with Gasteiger partial charge in [0, 0.05) is 11.6 Å². The second kappa shape index (κ2) is 7.38. The van der Waals surface area contributed by atoms with Crippen molar-refractivity contribution in [2.75, 3.05) is 12.4 Å². The fourth-order valence-corrected chi connectivity index (χ4v) is 2.69. The van der Waals surface area contributed by atoms with Crippen LogP contribution in [-0.4, -0.2) is 25.0 Å². The van der Waals surface area contributed by atoms with Crippen LogP contribution in [0.25, 0.3) is 0 Å². The van der Waals surface area contributed by atoms with Crippen LogP contribution in [0.4, 0.5) is 5.69 Å². The Morgan fingerprint density at radius 2 is 1.92 bits per heavy atom. The van der Waals surface area contributed by atoms with Gasteiger partial charge in [-0.1, -0.05) is 29.8 Å². The highest BCUT2D eigenvalue weighted by molar-refractivity contribution is 6.04. The van der Waals surface area contributed by atoms with E-state index < -0.39 is 0 Å². The molecule has 3 rings (SSSR count). The molecule has 1 aliphatic rings. The van der Waals surface area contributed by atoms with Crippen LogP contribution < -0.4 is 15.4 Å². The Hall–Kier alpha value is -2.82. The third kappa shape index (κ3) is 4.38. The van der Waals surface area contributed by atoms with Gasteiger partial charge in [-0.2, -0.15) is 0 Å². The first-order valence-electron chi connectivity index (χ1n) is 8.40. The lowest BCUT2D eigenvalue weighted by Crippen LogP contribution is -2.27. The van der Waals surface area contributed by atoms with Crippen molar-refractivity contribution >= 4 is 17.5 Å². The minimum Gasteiger partial charge on any atom is -0.496 e. The van der Waals surface area contributed by atoms with Gasteiger partial charge in [-0.05, 0) is 38.0 Å². The monoisotopic (exact) mass is 338 g/mol. The zero-order valence-corrected chi connectivity index (χ0v) is 14.5. The molecule has 2 aromatic rings. The summed E-state index contributed by atoms with van der Waals surface area (Å²) in [5.74, 6) is 0.350. The predicted molar refractivity (Wildman–Crippen MR) is 97.0 cm³/mol. The number of hydrogen-bond acceptors (Lipinski definition) is 3. The Bertz CT molecular complexity index is 797. The van der Waals surface area contributed by atoms with Gasteiger partial charge in [-0.25, -0.2) is 0 Å². The Labute approximate surface area is 147 Å². The molecule has 1 fully saturated rings. The van der Waals surface area contributed by atoms with Crippen LogP contribution in [0.15, 0.2) is 42.5 Å². The zero-order valence-electron chi connectivity index (χ0n) is 14.5. The lowest BCUT2D eigenvalue weighted by Gasteiger charge is -2.13. The summed E-state index contributed by atoms with van der Waals surface area (Å²) in [7, 11) is 1.59. The summed E-state index contributed by atoms with van der Waals surface area (Å²) in [6.45, 7) is 1.97. The highest BCUT2D eigenvalue weighted by Gasteiger charge is 2.25. The number of aryl methyl sites for hydroxylation is 1. The molecule has 0 bridgehead atoms. The van der Waals surface area contributed by atoms with E-state index in [2.05, 4.69) is 10.6 Å². The van der Waals surface area contributed by atoms with Crippen LogP contribution >= 0.6 is 0 Å². The van der Waals surface area contributed by atoms with Crippen LogP contribution in [-0.2, 0) is 11.2 Å². The van der Waals surface area contributed by atoms with E-state index in [4.69, 9.17) is 4.74 Å². The van der Waals surface area contributed by atoms with Gasteiger partial charge in [0.25, 0.3) is 5.91 Å². The number of amides is 2. The van der Waals surface area contributed by atoms with Crippen LogP contribution in [0.5, 0.6) is 5.75 Å². The lowest BCUT2D eigenvalue weighted by molar-refractivity contribution is -0.115. The van der Waals surface area contributed by atoms with E-state index in [0.717, 1.165) is 24.0 Å². The first-order chi connectivity index (χ1) is 12.1. The van der Waals surface area contributed by atoms with Crippen molar-refractivity contribution in [2.45, 2.75) is 32.2 Å². The third-order valence-electron chi connectivity index (χ3n) is 4.15. The van der Waals surface area contributed by atoms with Gasteiger partial charge >= 0.3 is 0 Å². The molecule has 0 heterocycles. The fraction of sp³-hybridized carbons (Fsp3) is 0.300. The van der Waals surface area contributed by atoms with Gasteiger partial charge in [-0.3, -0.25) is 9.59 Å². The summed E-state index contributed by atoms with van der Waals surface area (Å²) < 4.78 is 5.32. The number of benzene rings is 2. The molecular formula is C20H22N2O3. The number of rotatable bonds is 6. The number of carbonyl (C=O) groups is 2. The van der Waals surface area contributed by atoms with E-state index in [1.807, 2.05) is 25.1 Å². The second-order valence-corrected chi connectivity index (χ2v) is 6.33. The summed E-state index contributed by atoms with van der Waals surface area (Å²) >= 11 is 0. The molecule has 5 heteroatoms. The van der Waals surface area contributed by atoms with Crippen LogP contribution in [0.3, 0.4) is 0 Å². The summed E-state index contributed by atoms with van der Waals surface area (Å²) in [5, 5.41) is 5.80. The molecule has 1 saturated carbocycles. The van der Waals surface area contributed by atoms with E-state index in [9.17, 15) is 9.59 Å². The van der Waals surface area contributed by atoms with Crippen molar-refractivity contribution in [1.82, 2.24) is 5.32 Å². The standard InChI is InChI=1S/C20H22N2O3/c1-13-7-10-18(25-2)14(11-13)12-19(23)22-17-6-4-3-5-16(17)20(24)21-15-8-9-15/h3-7,10-11,15H,8-9,12H2,1-2H3,(H,21,24)(H,22,23). The molecule has 0 spiro atoms.